The zero-order valence-electron chi connectivity index (χ0n) is 11.2. The van der Waals surface area contributed by atoms with Crippen molar-refractivity contribution in [1.29, 1.82) is 0 Å². The van der Waals surface area contributed by atoms with E-state index >= 15 is 0 Å². The van der Waals surface area contributed by atoms with Crippen molar-refractivity contribution < 1.29 is 4.74 Å². The monoisotopic (exact) mass is 299 g/mol. The number of hydrogen-bond donors (Lipinski definition) is 0. The first-order valence-electron chi connectivity index (χ1n) is 5.94. The quantitative estimate of drug-likeness (QED) is 0.820. The molecule has 0 aliphatic rings. The summed E-state index contributed by atoms with van der Waals surface area (Å²) in [5.74, 6) is 0.920. The van der Waals surface area contributed by atoms with Crippen molar-refractivity contribution in [2.24, 2.45) is 5.41 Å². The Labute approximate surface area is 113 Å². The molecule has 17 heavy (non-hydrogen) atoms. The van der Waals surface area contributed by atoms with Crippen LogP contribution in [0.4, 0.5) is 0 Å². The molecule has 0 N–H and O–H groups in total. The fraction of sp³-hybridized carbons (Fsp3) is 0.571. The molecular formula is C14H22BrNO. The maximum absolute atomic E-state index is 5.70. The standard InChI is InChI=1S/C14H22BrNO/c1-14(2,3)11-16(4)8-9-17-13-7-5-6-12(15)10-13/h5-7,10H,8-9,11H2,1-4H3. The van der Waals surface area contributed by atoms with Crippen molar-refractivity contribution in [3.63, 3.8) is 0 Å². The first-order chi connectivity index (χ1) is 7.87. The normalized spacial score (nSPS) is 11.9. The van der Waals surface area contributed by atoms with Crippen molar-refractivity contribution >= 4 is 15.9 Å². The Morgan fingerprint density at radius 1 is 1.29 bits per heavy atom. The van der Waals surface area contributed by atoms with Gasteiger partial charge in [0.15, 0.2) is 0 Å². The van der Waals surface area contributed by atoms with Gasteiger partial charge in [-0.25, -0.2) is 0 Å². The summed E-state index contributed by atoms with van der Waals surface area (Å²) in [5, 5.41) is 0. The third-order valence-electron chi connectivity index (χ3n) is 2.28. The molecule has 1 aromatic carbocycles. The zero-order chi connectivity index (χ0) is 12.9. The molecule has 0 radical (unpaired) electrons. The van der Waals surface area contributed by atoms with Crippen molar-refractivity contribution in [1.82, 2.24) is 4.90 Å². The van der Waals surface area contributed by atoms with Crippen LogP contribution in [0.5, 0.6) is 5.75 Å². The lowest BCUT2D eigenvalue weighted by atomic mass is 9.96. The molecule has 96 valence electrons. The second kappa shape index (κ2) is 6.41. The van der Waals surface area contributed by atoms with E-state index in [-0.39, 0.29) is 0 Å². The van der Waals surface area contributed by atoms with Gasteiger partial charge in [-0.3, -0.25) is 0 Å². The molecule has 0 unspecified atom stereocenters. The topological polar surface area (TPSA) is 12.5 Å². The van der Waals surface area contributed by atoms with Gasteiger partial charge in [0, 0.05) is 17.6 Å². The van der Waals surface area contributed by atoms with Crippen molar-refractivity contribution in [3.8, 4) is 5.75 Å². The first-order valence-corrected chi connectivity index (χ1v) is 6.73. The molecule has 1 rings (SSSR count). The van der Waals surface area contributed by atoms with Crippen LogP contribution in [-0.4, -0.2) is 31.6 Å². The van der Waals surface area contributed by atoms with Gasteiger partial charge in [-0.1, -0.05) is 42.8 Å². The predicted octanol–water partition coefficient (Wildman–Crippen LogP) is 3.81. The molecule has 0 saturated carbocycles. The lowest BCUT2D eigenvalue weighted by Gasteiger charge is -2.26. The first kappa shape index (κ1) is 14.5. The van der Waals surface area contributed by atoms with E-state index in [1.807, 2.05) is 24.3 Å². The molecule has 0 fully saturated rings. The summed E-state index contributed by atoms with van der Waals surface area (Å²) in [4.78, 5) is 2.30. The average Bonchev–Trinajstić information content (AvgIpc) is 2.14. The van der Waals surface area contributed by atoms with Gasteiger partial charge in [-0.2, -0.15) is 0 Å². The highest BCUT2D eigenvalue weighted by Crippen LogP contribution is 2.18. The largest absolute Gasteiger partial charge is 0.492 e. The number of nitrogens with zero attached hydrogens (tertiary/aromatic N) is 1. The molecule has 0 saturated heterocycles. The summed E-state index contributed by atoms with van der Waals surface area (Å²) in [6, 6.07) is 7.95. The molecule has 0 bridgehead atoms. The fourth-order valence-corrected chi connectivity index (χ4v) is 2.14. The third-order valence-corrected chi connectivity index (χ3v) is 2.78. The van der Waals surface area contributed by atoms with E-state index in [0.717, 1.165) is 29.9 Å². The molecule has 0 aliphatic heterocycles. The lowest BCUT2D eigenvalue weighted by Crippen LogP contribution is -2.32. The molecule has 1 aromatic rings. The molecule has 3 heteroatoms. The number of rotatable bonds is 5. The van der Waals surface area contributed by atoms with E-state index in [0.29, 0.717) is 5.41 Å². The van der Waals surface area contributed by atoms with Crippen LogP contribution < -0.4 is 4.74 Å². The van der Waals surface area contributed by atoms with Gasteiger partial charge in [0.25, 0.3) is 0 Å². The Morgan fingerprint density at radius 2 is 2.00 bits per heavy atom. The van der Waals surface area contributed by atoms with Crippen molar-refractivity contribution in [2.45, 2.75) is 20.8 Å². The van der Waals surface area contributed by atoms with Crippen LogP contribution in [0, 0.1) is 5.41 Å². The fourth-order valence-electron chi connectivity index (χ4n) is 1.76. The maximum atomic E-state index is 5.70. The minimum Gasteiger partial charge on any atom is -0.492 e. The van der Waals surface area contributed by atoms with Gasteiger partial charge in [0.2, 0.25) is 0 Å². The van der Waals surface area contributed by atoms with Gasteiger partial charge < -0.3 is 9.64 Å². The predicted molar refractivity (Wildman–Crippen MR) is 76.6 cm³/mol. The summed E-state index contributed by atoms with van der Waals surface area (Å²) in [6.07, 6.45) is 0. The van der Waals surface area contributed by atoms with Crippen molar-refractivity contribution in [3.05, 3.63) is 28.7 Å². The lowest BCUT2D eigenvalue weighted by molar-refractivity contribution is 0.188. The second-order valence-electron chi connectivity index (χ2n) is 5.60. The highest BCUT2D eigenvalue weighted by atomic mass is 79.9. The molecular weight excluding hydrogens is 278 g/mol. The smallest absolute Gasteiger partial charge is 0.120 e. The molecule has 0 atom stereocenters. The van der Waals surface area contributed by atoms with Gasteiger partial charge in [-0.15, -0.1) is 0 Å². The van der Waals surface area contributed by atoms with Gasteiger partial charge in [0.05, 0.1) is 0 Å². The Morgan fingerprint density at radius 3 is 2.59 bits per heavy atom. The van der Waals surface area contributed by atoms with Gasteiger partial charge in [0.1, 0.15) is 12.4 Å². The average molecular weight is 300 g/mol. The molecule has 0 heterocycles. The summed E-state index contributed by atoms with van der Waals surface area (Å²) in [5.41, 5.74) is 0.338. The number of benzene rings is 1. The molecule has 0 aromatic heterocycles. The summed E-state index contributed by atoms with van der Waals surface area (Å²) >= 11 is 3.43. The molecule has 2 nitrogen and oxygen atoms in total. The third kappa shape index (κ3) is 6.69. The van der Waals surface area contributed by atoms with E-state index in [4.69, 9.17) is 4.74 Å². The minimum absolute atomic E-state index is 0.338. The zero-order valence-corrected chi connectivity index (χ0v) is 12.8. The van der Waals surface area contributed by atoms with E-state index in [1.165, 1.54) is 0 Å². The maximum Gasteiger partial charge on any atom is 0.120 e. The van der Waals surface area contributed by atoms with E-state index < -0.39 is 0 Å². The van der Waals surface area contributed by atoms with E-state index in [1.54, 1.807) is 0 Å². The minimum atomic E-state index is 0.338. The SMILES string of the molecule is CN(CCOc1cccc(Br)c1)CC(C)(C)C. The van der Waals surface area contributed by atoms with Gasteiger partial charge in [-0.05, 0) is 30.7 Å². The van der Waals surface area contributed by atoms with Gasteiger partial charge >= 0.3 is 0 Å². The van der Waals surface area contributed by atoms with Crippen LogP contribution in [0.2, 0.25) is 0 Å². The highest BCUT2D eigenvalue weighted by molar-refractivity contribution is 9.10. The number of halogens is 1. The molecule has 0 amide bonds. The highest BCUT2D eigenvalue weighted by Gasteiger charge is 2.13. The van der Waals surface area contributed by atoms with Crippen LogP contribution in [0.25, 0.3) is 0 Å². The Balaban J connectivity index is 2.28. The van der Waals surface area contributed by atoms with Crippen molar-refractivity contribution in [2.75, 3.05) is 26.7 Å². The van der Waals surface area contributed by atoms with E-state index in [9.17, 15) is 0 Å². The van der Waals surface area contributed by atoms with Crippen LogP contribution in [0.1, 0.15) is 20.8 Å². The van der Waals surface area contributed by atoms with Crippen LogP contribution in [0.3, 0.4) is 0 Å². The summed E-state index contributed by atoms with van der Waals surface area (Å²) < 4.78 is 6.75. The number of hydrogen-bond acceptors (Lipinski definition) is 2. The summed E-state index contributed by atoms with van der Waals surface area (Å²) in [6.45, 7) is 9.50. The second-order valence-corrected chi connectivity index (χ2v) is 6.52. The number of ether oxygens (including phenoxy) is 1. The molecule has 0 aliphatic carbocycles. The van der Waals surface area contributed by atoms with E-state index in [2.05, 4.69) is 48.6 Å². The number of likely N-dealkylation sites (N-methyl/N-ethyl adjacent to an activating group) is 1. The Hall–Kier alpha value is -0.540. The molecule has 0 spiro atoms. The Kier molecular flexibility index (Phi) is 5.47. The van der Waals surface area contributed by atoms with Crippen LogP contribution >= 0.6 is 15.9 Å². The van der Waals surface area contributed by atoms with Crippen LogP contribution in [-0.2, 0) is 0 Å². The summed E-state index contributed by atoms with van der Waals surface area (Å²) in [7, 11) is 2.13. The Bertz CT molecular complexity index is 346. The van der Waals surface area contributed by atoms with Crippen LogP contribution in [0.15, 0.2) is 28.7 Å².